The number of nitrogens with zero attached hydrogens (tertiary/aromatic N) is 7. The molecule has 1 aliphatic heterocycles. The zero-order chi connectivity index (χ0) is 18.2. The summed E-state index contributed by atoms with van der Waals surface area (Å²) in [7, 11) is 0. The normalized spacial score (nSPS) is 16.6. The van der Waals surface area contributed by atoms with E-state index in [1.54, 1.807) is 12.5 Å². The minimum absolute atomic E-state index is 0.337. The van der Waals surface area contributed by atoms with Crippen LogP contribution in [0.2, 0.25) is 0 Å². The molecule has 0 fully saturated rings. The lowest BCUT2D eigenvalue weighted by molar-refractivity contribution is 0.409. The number of nitrogens with one attached hydrogen (secondary N) is 2. The van der Waals surface area contributed by atoms with Crippen molar-refractivity contribution in [2.45, 2.75) is 45.2 Å². The van der Waals surface area contributed by atoms with Crippen molar-refractivity contribution in [1.82, 2.24) is 44.7 Å². The van der Waals surface area contributed by atoms with Gasteiger partial charge in [0.2, 0.25) is 0 Å². The number of aromatic amines is 2. The number of hydrogen-bond acceptors (Lipinski definition) is 5. The number of hydrogen-bond donors (Lipinski definition) is 2. The molecule has 0 bridgehead atoms. The fourth-order valence-corrected chi connectivity index (χ4v) is 3.75. The highest BCUT2D eigenvalue weighted by atomic mass is 15.4. The van der Waals surface area contributed by atoms with Gasteiger partial charge in [0.05, 0.1) is 18.1 Å². The fourth-order valence-electron chi connectivity index (χ4n) is 3.75. The summed E-state index contributed by atoms with van der Waals surface area (Å²) in [5, 5.41) is 16.3. The Balaban J connectivity index is 1.48. The van der Waals surface area contributed by atoms with Crippen LogP contribution in [0.5, 0.6) is 0 Å². The van der Waals surface area contributed by atoms with Gasteiger partial charge in [-0.2, -0.15) is 15.3 Å². The number of aromatic nitrogens is 9. The zero-order valence-electron chi connectivity index (χ0n) is 15.1. The molecule has 5 rings (SSSR count). The summed E-state index contributed by atoms with van der Waals surface area (Å²) in [6.07, 6.45) is 10.0. The predicted octanol–water partition coefficient (Wildman–Crippen LogP) is 1.87. The molecule has 1 unspecified atom stereocenters. The first-order valence-electron chi connectivity index (χ1n) is 9.21. The van der Waals surface area contributed by atoms with Crippen molar-refractivity contribution >= 4 is 0 Å². The molecule has 0 aliphatic carbocycles. The Morgan fingerprint density at radius 3 is 3.07 bits per heavy atom. The third-order valence-electron chi connectivity index (χ3n) is 5.23. The Kier molecular flexibility index (Phi) is 3.84. The SMILES string of the molecule is Cc1[nH]ncc1-c1nc(C2CCn3nccc3C2)n(CCc2cnc[nH]2)n1. The monoisotopic (exact) mass is 363 g/mol. The molecular weight excluding hydrogens is 342 g/mol. The second kappa shape index (κ2) is 6.49. The lowest BCUT2D eigenvalue weighted by atomic mass is 9.95. The molecule has 2 N–H and O–H groups in total. The Bertz CT molecular complexity index is 1040. The minimum Gasteiger partial charge on any atom is -0.348 e. The topological polar surface area (TPSA) is 106 Å². The summed E-state index contributed by atoms with van der Waals surface area (Å²) in [6, 6.07) is 2.10. The average Bonchev–Trinajstić information content (AvgIpc) is 3.45. The van der Waals surface area contributed by atoms with Crippen molar-refractivity contribution in [3.05, 3.63) is 53.9 Å². The van der Waals surface area contributed by atoms with Gasteiger partial charge in [0.1, 0.15) is 5.82 Å². The molecular formula is C18H21N9. The predicted molar refractivity (Wildman–Crippen MR) is 97.9 cm³/mol. The van der Waals surface area contributed by atoms with Gasteiger partial charge in [0.15, 0.2) is 5.82 Å². The van der Waals surface area contributed by atoms with E-state index in [1.165, 1.54) is 5.69 Å². The number of fused-ring (bicyclic) bond motifs is 1. The minimum atomic E-state index is 0.337. The Hall–Kier alpha value is -3.23. The molecule has 0 aromatic carbocycles. The largest absolute Gasteiger partial charge is 0.348 e. The van der Waals surface area contributed by atoms with Crippen LogP contribution in [0.3, 0.4) is 0 Å². The van der Waals surface area contributed by atoms with Gasteiger partial charge in [-0.05, 0) is 25.8 Å². The second-order valence-electron chi connectivity index (χ2n) is 6.99. The Labute approximate surface area is 155 Å². The number of aryl methyl sites for hydroxylation is 4. The van der Waals surface area contributed by atoms with E-state index in [-0.39, 0.29) is 0 Å². The van der Waals surface area contributed by atoms with Crippen LogP contribution >= 0.6 is 0 Å². The summed E-state index contributed by atoms with van der Waals surface area (Å²) in [6.45, 7) is 3.67. The van der Waals surface area contributed by atoms with E-state index in [0.717, 1.165) is 61.0 Å². The molecule has 5 heterocycles. The van der Waals surface area contributed by atoms with Crippen LogP contribution in [-0.2, 0) is 25.9 Å². The van der Waals surface area contributed by atoms with E-state index in [1.807, 2.05) is 19.3 Å². The van der Waals surface area contributed by atoms with Crippen molar-refractivity contribution in [3.8, 4) is 11.4 Å². The third-order valence-corrected chi connectivity index (χ3v) is 5.23. The van der Waals surface area contributed by atoms with Crippen molar-refractivity contribution in [2.24, 2.45) is 0 Å². The molecule has 27 heavy (non-hydrogen) atoms. The average molecular weight is 363 g/mol. The van der Waals surface area contributed by atoms with Crippen molar-refractivity contribution in [3.63, 3.8) is 0 Å². The van der Waals surface area contributed by atoms with Gasteiger partial charge in [-0.15, -0.1) is 0 Å². The summed E-state index contributed by atoms with van der Waals surface area (Å²) in [5.74, 6) is 2.11. The van der Waals surface area contributed by atoms with E-state index in [9.17, 15) is 0 Å². The number of rotatable bonds is 5. The van der Waals surface area contributed by atoms with Crippen molar-refractivity contribution < 1.29 is 0 Å². The fraction of sp³-hybridized carbons (Fsp3) is 0.389. The van der Waals surface area contributed by atoms with E-state index in [2.05, 4.69) is 40.7 Å². The maximum Gasteiger partial charge on any atom is 0.184 e. The highest BCUT2D eigenvalue weighted by molar-refractivity contribution is 5.56. The zero-order valence-corrected chi connectivity index (χ0v) is 15.1. The van der Waals surface area contributed by atoms with Crippen LogP contribution < -0.4 is 0 Å². The van der Waals surface area contributed by atoms with Gasteiger partial charge in [-0.3, -0.25) is 9.78 Å². The summed E-state index contributed by atoms with van der Waals surface area (Å²) in [4.78, 5) is 12.2. The molecule has 9 nitrogen and oxygen atoms in total. The van der Waals surface area contributed by atoms with Crippen molar-refractivity contribution in [1.29, 1.82) is 0 Å². The van der Waals surface area contributed by atoms with Gasteiger partial charge >= 0.3 is 0 Å². The molecule has 0 saturated carbocycles. The van der Waals surface area contributed by atoms with Gasteiger partial charge in [0, 0.05) is 54.9 Å². The summed E-state index contributed by atoms with van der Waals surface area (Å²) < 4.78 is 4.14. The van der Waals surface area contributed by atoms with E-state index < -0.39 is 0 Å². The molecule has 4 aromatic heterocycles. The molecule has 0 amide bonds. The molecule has 0 radical (unpaired) electrons. The first-order valence-corrected chi connectivity index (χ1v) is 9.21. The van der Waals surface area contributed by atoms with Crippen LogP contribution in [0.1, 0.15) is 35.2 Å². The Morgan fingerprint density at radius 2 is 2.26 bits per heavy atom. The van der Waals surface area contributed by atoms with Crippen molar-refractivity contribution in [2.75, 3.05) is 0 Å². The first-order chi connectivity index (χ1) is 13.3. The molecule has 0 spiro atoms. The number of imidazole rings is 1. The van der Waals surface area contributed by atoms with Crippen LogP contribution in [0, 0.1) is 6.92 Å². The lowest BCUT2D eigenvalue weighted by Gasteiger charge is -2.23. The van der Waals surface area contributed by atoms with Crippen LogP contribution in [0.4, 0.5) is 0 Å². The maximum absolute atomic E-state index is 4.93. The van der Waals surface area contributed by atoms with Gasteiger partial charge in [-0.1, -0.05) is 0 Å². The quantitative estimate of drug-likeness (QED) is 0.563. The summed E-state index contributed by atoms with van der Waals surface area (Å²) in [5.41, 5.74) is 4.29. The molecule has 1 atom stereocenters. The Morgan fingerprint density at radius 1 is 1.30 bits per heavy atom. The van der Waals surface area contributed by atoms with Gasteiger partial charge in [-0.25, -0.2) is 14.6 Å². The number of H-pyrrole nitrogens is 2. The summed E-state index contributed by atoms with van der Waals surface area (Å²) >= 11 is 0. The second-order valence-corrected chi connectivity index (χ2v) is 6.99. The molecule has 1 aliphatic rings. The van der Waals surface area contributed by atoms with Gasteiger partial charge in [0.25, 0.3) is 0 Å². The molecule has 0 saturated heterocycles. The third kappa shape index (κ3) is 2.94. The van der Waals surface area contributed by atoms with Crippen LogP contribution in [0.25, 0.3) is 11.4 Å². The molecule has 4 aromatic rings. The standard InChI is InChI=1S/C18H21N9/c1-12-16(10-21-24-12)17-23-18(13-3-6-26-15(8-13)2-5-22-26)27(25-17)7-4-14-9-19-11-20-14/h2,5,9-11,13H,3-4,6-8H2,1H3,(H,19,20)(H,21,24). The first kappa shape index (κ1) is 16.0. The van der Waals surface area contributed by atoms with Gasteiger partial charge < -0.3 is 4.98 Å². The van der Waals surface area contributed by atoms with E-state index >= 15 is 0 Å². The molecule has 9 heteroatoms. The van der Waals surface area contributed by atoms with Crippen LogP contribution in [0.15, 0.2) is 31.0 Å². The van der Waals surface area contributed by atoms with E-state index in [4.69, 9.17) is 10.1 Å². The van der Waals surface area contributed by atoms with E-state index in [0.29, 0.717) is 5.92 Å². The molecule has 138 valence electrons. The highest BCUT2D eigenvalue weighted by Gasteiger charge is 2.26. The highest BCUT2D eigenvalue weighted by Crippen LogP contribution is 2.30. The lowest BCUT2D eigenvalue weighted by Crippen LogP contribution is -2.22. The smallest absolute Gasteiger partial charge is 0.184 e. The maximum atomic E-state index is 4.93. The van der Waals surface area contributed by atoms with Crippen LogP contribution in [-0.4, -0.2) is 44.7 Å².